The summed E-state index contributed by atoms with van der Waals surface area (Å²) < 4.78 is 2.39. The molecule has 65 heavy (non-hydrogen) atoms. The first-order valence-electron chi connectivity index (χ1n) is 22.8. The summed E-state index contributed by atoms with van der Waals surface area (Å²) in [6.07, 6.45) is 11.2. The summed E-state index contributed by atoms with van der Waals surface area (Å²) in [4.78, 5) is 7.90. The Kier molecular flexibility index (Phi) is 9.34. The second-order valence-corrected chi connectivity index (χ2v) is 17.9. The maximum absolute atomic E-state index is 5.51. The molecule has 1 unspecified atom stereocenters. The molecule has 9 aromatic rings. The van der Waals surface area contributed by atoms with E-state index in [1.54, 1.807) is 0 Å². The average Bonchev–Trinajstić information content (AvgIpc) is 3.81. The minimum atomic E-state index is -0.168. The van der Waals surface area contributed by atoms with Crippen LogP contribution in [-0.2, 0) is 5.41 Å². The van der Waals surface area contributed by atoms with Crippen LogP contribution in [0.15, 0.2) is 235 Å². The van der Waals surface area contributed by atoms with E-state index in [0.717, 1.165) is 52.6 Å². The zero-order valence-corrected chi connectivity index (χ0v) is 36.6. The van der Waals surface area contributed by atoms with Crippen molar-refractivity contribution in [2.24, 2.45) is 4.99 Å². The van der Waals surface area contributed by atoms with Gasteiger partial charge in [-0.1, -0.05) is 172 Å². The molecule has 0 fully saturated rings. The number of aliphatic imine (C=N–C) groups is 1. The summed E-state index contributed by atoms with van der Waals surface area (Å²) in [6.45, 7) is 4.73. The van der Waals surface area contributed by atoms with Crippen molar-refractivity contribution in [1.82, 2.24) is 9.88 Å². The van der Waals surface area contributed by atoms with Crippen molar-refractivity contribution in [1.29, 1.82) is 0 Å². The molecule has 1 aliphatic heterocycles. The number of hydrogen-bond donors (Lipinski definition) is 1. The fourth-order valence-corrected chi connectivity index (χ4v) is 10.3. The molecule has 4 nitrogen and oxygen atoms in total. The Labute approximate surface area is 380 Å². The summed E-state index contributed by atoms with van der Waals surface area (Å²) in [6, 6.07) is 70.7. The first-order valence-corrected chi connectivity index (χ1v) is 22.8. The van der Waals surface area contributed by atoms with Crippen LogP contribution in [0.3, 0.4) is 0 Å². The average molecular weight is 837 g/mol. The molecular weight excluding hydrogens is 789 g/mol. The molecule has 1 atom stereocenters. The van der Waals surface area contributed by atoms with Crippen molar-refractivity contribution >= 4 is 44.8 Å². The molecule has 0 saturated heterocycles. The zero-order chi connectivity index (χ0) is 43.5. The third kappa shape index (κ3) is 6.72. The van der Waals surface area contributed by atoms with Crippen molar-refractivity contribution in [3.05, 3.63) is 246 Å². The maximum atomic E-state index is 5.51. The standard InChI is InChI=1S/C61H48N4/c1-61(2)54-26-16-15-25-50(54)51-38-53-52-37-49(64(47-31-27-43(28-32-47)41-17-7-3-8-18-41)48-33-29-44(30-34-48)42-19-9-4-10-20-42)35-36-58(52)65(59(53)39-55(51)61)60-62-56(45-21-11-5-12-22-45)40-57(63-60)46-23-13-6-14-24-46/h3-5,7-13,15-40,56H,6,14H2,1-2H3,(H,62,63). The number of hydrogen-bond acceptors (Lipinski definition) is 3. The van der Waals surface area contributed by atoms with E-state index in [-0.39, 0.29) is 11.5 Å². The smallest absolute Gasteiger partial charge is 0.209 e. The third-order valence-corrected chi connectivity index (χ3v) is 13.7. The molecule has 1 N–H and O–H groups in total. The van der Waals surface area contributed by atoms with Crippen LogP contribution in [0, 0.1) is 0 Å². The molecule has 3 aliphatic rings. The van der Waals surface area contributed by atoms with E-state index in [4.69, 9.17) is 4.99 Å². The predicted octanol–water partition coefficient (Wildman–Crippen LogP) is 15.6. The van der Waals surface area contributed by atoms with Crippen LogP contribution in [0.2, 0.25) is 0 Å². The molecule has 2 heterocycles. The molecule has 0 saturated carbocycles. The Morgan fingerprint density at radius 1 is 0.538 bits per heavy atom. The Bertz CT molecular complexity index is 3310. The Hall–Kier alpha value is -7.95. The summed E-state index contributed by atoms with van der Waals surface area (Å²) in [7, 11) is 0. The number of aromatic nitrogens is 1. The number of nitrogens with one attached hydrogen (secondary N) is 1. The first-order chi connectivity index (χ1) is 32.0. The van der Waals surface area contributed by atoms with Gasteiger partial charge in [-0.05, 0) is 129 Å². The largest absolute Gasteiger partial charge is 0.345 e. The maximum Gasteiger partial charge on any atom is 0.209 e. The molecule has 312 valence electrons. The molecule has 0 amide bonds. The van der Waals surface area contributed by atoms with E-state index in [1.807, 2.05) is 0 Å². The van der Waals surface area contributed by atoms with Crippen LogP contribution in [0.1, 0.15) is 49.4 Å². The quantitative estimate of drug-likeness (QED) is 0.173. The molecular formula is C61H48N4. The van der Waals surface area contributed by atoms with Gasteiger partial charge in [0, 0.05) is 33.2 Å². The minimum Gasteiger partial charge on any atom is -0.345 e. The second-order valence-electron chi connectivity index (χ2n) is 17.9. The monoisotopic (exact) mass is 836 g/mol. The van der Waals surface area contributed by atoms with Crippen LogP contribution in [0.4, 0.5) is 17.1 Å². The molecule has 4 heteroatoms. The van der Waals surface area contributed by atoms with Gasteiger partial charge in [0.25, 0.3) is 0 Å². The highest BCUT2D eigenvalue weighted by Crippen LogP contribution is 2.51. The molecule has 1 aromatic heterocycles. The summed E-state index contributed by atoms with van der Waals surface area (Å²) >= 11 is 0. The highest BCUT2D eigenvalue weighted by molar-refractivity contribution is 6.17. The lowest BCUT2D eigenvalue weighted by atomic mass is 9.82. The van der Waals surface area contributed by atoms with Crippen molar-refractivity contribution in [2.75, 3.05) is 4.90 Å². The van der Waals surface area contributed by atoms with Crippen molar-refractivity contribution in [3.8, 4) is 33.4 Å². The van der Waals surface area contributed by atoms with E-state index in [0.29, 0.717) is 0 Å². The SMILES string of the molecule is CC1(C)c2ccccc2-c2cc3c4cc(N(c5ccc(-c6ccccc6)cc5)c5ccc(-c6ccccc6)cc5)ccc4n(C4=NC(C5=CCCC=C5)=CC(c5ccccc5)N4)c3cc21. The van der Waals surface area contributed by atoms with Crippen molar-refractivity contribution in [2.45, 2.75) is 38.1 Å². The predicted molar refractivity (Wildman–Crippen MR) is 272 cm³/mol. The van der Waals surface area contributed by atoms with E-state index in [1.165, 1.54) is 66.4 Å². The van der Waals surface area contributed by atoms with E-state index in [9.17, 15) is 0 Å². The lowest BCUT2D eigenvalue weighted by Crippen LogP contribution is -2.35. The first kappa shape index (κ1) is 38.7. The van der Waals surface area contributed by atoms with Crippen LogP contribution in [-0.4, -0.2) is 10.5 Å². The van der Waals surface area contributed by atoms with Crippen molar-refractivity contribution in [3.63, 3.8) is 0 Å². The molecule has 8 aromatic carbocycles. The lowest BCUT2D eigenvalue weighted by Gasteiger charge is -2.27. The Morgan fingerprint density at radius 3 is 1.77 bits per heavy atom. The normalized spacial score (nSPS) is 16.0. The van der Waals surface area contributed by atoms with Crippen LogP contribution < -0.4 is 10.2 Å². The van der Waals surface area contributed by atoms with Crippen molar-refractivity contribution < 1.29 is 0 Å². The fourth-order valence-electron chi connectivity index (χ4n) is 10.3. The third-order valence-electron chi connectivity index (χ3n) is 13.7. The number of benzene rings is 8. The molecule has 2 aliphatic carbocycles. The van der Waals surface area contributed by atoms with Gasteiger partial charge in [-0.2, -0.15) is 0 Å². The summed E-state index contributed by atoms with van der Waals surface area (Å²) in [5.74, 6) is 0.821. The number of anilines is 3. The highest BCUT2D eigenvalue weighted by atomic mass is 15.2. The fraction of sp³-hybridized carbons (Fsp3) is 0.0984. The van der Waals surface area contributed by atoms with E-state index >= 15 is 0 Å². The molecule has 0 bridgehead atoms. The van der Waals surface area contributed by atoms with Gasteiger partial charge in [-0.15, -0.1) is 0 Å². The van der Waals surface area contributed by atoms with Crippen LogP contribution in [0.25, 0.3) is 55.2 Å². The van der Waals surface area contributed by atoms with Gasteiger partial charge >= 0.3 is 0 Å². The van der Waals surface area contributed by atoms with Gasteiger partial charge in [0.15, 0.2) is 0 Å². The molecule has 12 rings (SSSR count). The zero-order valence-electron chi connectivity index (χ0n) is 36.6. The molecule has 0 spiro atoms. The second kappa shape index (κ2) is 15.7. The summed E-state index contributed by atoms with van der Waals surface area (Å²) in [5.41, 5.74) is 18.8. The Morgan fingerprint density at radius 2 is 1.12 bits per heavy atom. The van der Waals surface area contributed by atoms with Gasteiger partial charge < -0.3 is 10.2 Å². The van der Waals surface area contributed by atoms with E-state index in [2.05, 4.69) is 247 Å². The number of fused-ring (bicyclic) bond motifs is 6. The van der Waals surface area contributed by atoms with Crippen LogP contribution >= 0.6 is 0 Å². The highest BCUT2D eigenvalue weighted by Gasteiger charge is 2.36. The van der Waals surface area contributed by atoms with Gasteiger partial charge in [0.1, 0.15) is 0 Å². The lowest BCUT2D eigenvalue weighted by molar-refractivity contribution is 0.661. The number of nitrogens with zero attached hydrogens (tertiary/aromatic N) is 3. The topological polar surface area (TPSA) is 32.6 Å². The molecule has 0 radical (unpaired) electrons. The minimum absolute atomic E-state index is 0.0648. The van der Waals surface area contributed by atoms with Gasteiger partial charge in [-0.25, -0.2) is 4.99 Å². The Balaban J connectivity index is 1.08. The van der Waals surface area contributed by atoms with E-state index < -0.39 is 0 Å². The van der Waals surface area contributed by atoms with Gasteiger partial charge in [-0.3, -0.25) is 4.57 Å². The summed E-state index contributed by atoms with van der Waals surface area (Å²) in [5, 5.41) is 6.30. The number of allylic oxidation sites excluding steroid dienone is 3. The number of rotatable bonds is 7. The van der Waals surface area contributed by atoms with Gasteiger partial charge in [0.05, 0.1) is 22.8 Å². The van der Waals surface area contributed by atoms with Gasteiger partial charge in [0.2, 0.25) is 5.96 Å². The van der Waals surface area contributed by atoms with Crippen LogP contribution in [0.5, 0.6) is 0 Å².